The zero-order valence-corrected chi connectivity index (χ0v) is 12.0. The Kier molecular flexibility index (Phi) is 13.4. The molecule has 0 saturated heterocycles. The number of thioether (sulfide) groups is 2. The molecule has 0 spiro atoms. The van der Waals surface area contributed by atoms with Gasteiger partial charge in [0, 0.05) is 6.42 Å². The lowest BCUT2D eigenvalue weighted by atomic mass is 10.2. The highest BCUT2D eigenvalue weighted by Gasteiger charge is 1.95. The largest absolute Gasteiger partial charge is 0.370 e. The number of hydrogen-bond acceptors (Lipinski definition) is 3. The van der Waals surface area contributed by atoms with Crippen molar-refractivity contribution in [3.05, 3.63) is 0 Å². The number of primary amides is 1. The minimum absolute atomic E-state index is 0.168. The summed E-state index contributed by atoms with van der Waals surface area (Å²) in [5.74, 6) is 4.84. The molecule has 0 bridgehead atoms. The van der Waals surface area contributed by atoms with Gasteiger partial charge in [-0.1, -0.05) is 13.3 Å². The normalized spacial score (nSPS) is 10.6. The van der Waals surface area contributed by atoms with Gasteiger partial charge in [0.1, 0.15) is 0 Å². The average molecular weight is 263 g/mol. The smallest absolute Gasteiger partial charge is 0.217 e. The van der Waals surface area contributed by atoms with Crippen LogP contribution in [-0.2, 0) is 4.79 Å². The quantitative estimate of drug-likeness (QED) is 0.549. The molecule has 0 heterocycles. The fourth-order valence-electron chi connectivity index (χ4n) is 1.33. The zero-order valence-electron chi connectivity index (χ0n) is 10.4. The summed E-state index contributed by atoms with van der Waals surface area (Å²) < 4.78 is 0. The molecule has 0 aromatic heterocycles. The molecule has 0 aromatic carbocycles. The van der Waals surface area contributed by atoms with Crippen LogP contribution in [0.5, 0.6) is 0 Å². The van der Waals surface area contributed by atoms with Crippen molar-refractivity contribution in [2.24, 2.45) is 5.73 Å². The van der Waals surface area contributed by atoms with Crippen molar-refractivity contribution in [3.8, 4) is 0 Å². The summed E-state index contributed by atoms with van der Waals surface area (Å²) in [7, 11) is 0. The van der Waals surface area contributed by atoms with E-state index in [4.69, 9.17) is 5.73 Å². The van der Waals surface area contributed by atoms with Crippen LogP contribution >= 0.6 is 23.5 Å². The fraction of sp³-hybridized carbons (Fsp3) is 0.917. The first-order chi connectivity index (χ1) is 7.77. The molecule has 0 saturated carbocycles. The number of nitrogens with two attached hydrogens (primary N) is 1. The molecular weight excluding hydrogens is 238 g/mol. The molecule has 0 fully saturated rings. The van der Waals surface area contributed by atoms with E-state index in [9.17, 15) is 4.79 Å². The summed E-state index contributed by atoms with van der Waals surface area (Å²) >= 11 is 4.04. The van der Waals surface area contributed by atoms with E-state index in [0.29, 0.717) is 6.42 Å². The maximum absolute atomic E-state index is 10.5. The van der Waals surface area contributed by atoms with E-state index >= 15 is 0 Å². The van der Waals surface area contributed by atoms with Crippen LogP contribution in [0.25, 0.3) is 0 Å². The van der Waals surface area contributed by atoms with Crippen LogP contribution in [0.15, 0.2) is 0 Å². The van der Waals surface area contributed by atoms with Gasteiger partial charge in [-0.3, -0.25) is 4.79 Å². The van der Waals surface area contributed by atoms with Crippen LogP contribution in [0.2, 0.25) is 0 Å². The summed E-state index contributed by atoms with van der Waals surface area (Å²) in [6.07, 6.45) is 6.69. The minimum atomic E-state index is -0.168. The molecule has 2 N–H and O–H groups in total. The van der Waals surface area contributed by atoms with Gasteiger partial charge in [-0.2, -0.15) is 23.5 Å². The monoisotopic (exact) mass is 263 g/mol. The van der Waals surface area contributed by atoms with Gasteiger partial charge in [-0.15, -0.1) is 0 Å². The van der Waals surface area contributed by atoms with E-state index < -0.39 is 0 Å². The fourth-order valence-corrected chi connectivity index (χ4v) is 3.05. The van der Waals surface area contributed by atoms with Crippen molar-refractivity contribution in [2.75, 3.05) is 23.0 Å². The standard InChI is InChI=1S/C12H25NOS2/c1-2-15-9-5-3-6-10-16-11-7-4-8-12(13)14/h2-11H2,1H3,(H2,13,14). The molecule has 4 heteroatoms. The predicted octanol–water partition coefficient (Wildman–Crippen LogP) is 3.30. The molecule has 16 heavy (non-hydrogen) atoms. The third-order valence-corrected chi connectivity index (χ3v) is 4.38. The number of rotatable bonds is 12. The van der Waals surface area contributed by atoms with Crippen LogP contribution in [0.4, 0.5) is 0 Å². The molecule has 0 atom stereocenters. The Hall–Kier alpha value is 0.170. The van der Waals surface area contributed by atoms with Crippen LogP contribution in [0.1, 0.15) is 45.4 Å². The van der Waals surface area contributed by atoms with Gasteiger partial charge in [-0.05, 0) is 48.7 Å². The third-order valence-electron chi connectivity index (χ3n) is 2.24. The Bertz CT molecular complexity index is 165. The molecule has 0 aromatic rings. The topological polar surface area (TPSA) is 43.1 Å². The summed E-state index contributed by atoms with van der Waals surface area (Å²) in [5, 5.41) is 0. The molecule has 0 radical (unpaired) electrons. The van der Waals surface area contributed by atoms with Gasteiger partial charge >= 0.3 is 0 Å². The molecule has 0 unspecified atom stereocenters. The Balaban J connectivity index is 2.90. The highest BCUT2D eigenvalue weighted by molar-refractivity contribution is 7.99. The molecule has 0 aliphatic carbocycles. The summed E-state index contributed by atoms with van der Waals surface area (Å²) in [6, 6.07) is 0. The van der Waals surface area contributed by atoms with E-state index in [1.807, 2.05) is 23.5 Å². The lowest BCUT2D eigenvalue weighted by Gasteiger charge is -2.01. The Morgan fingerprint density at radius 2 is 1.50 bits per heavy atom. The van der Waals surface area contributed by atoms with E-state index in [1.54, 1.807) is 0 Å². The maximum Gasteiger partial charge on any atom is 0.217 e. The predicted molar refractivity (Wildman–Crippen MR) is 77.2 cm³/mol. The molecule has 0 aliphatic heterocycles. The van der Waals surface area contributed by atoms with Crippen molar-refractivity contribution in [1.82, 2.24) is 0 Å². The lowest BCUT2D eigenvalue weighted by Crippen LogP contribution is -2.09. The van der Waals surface area contributed by atoms with E-state index in [-0.39, 0.29) is 5.91 Å². The van der Waals surface area contributed by atoms with Crippen molar-refractivity contribution in [1.29, 1.82) is 0 Å². The number of amides is 1. The summed E-state index contributed by atoms with van der Waals surface area (Å²) in [5.41, 5.74) is 5.07. The summed E-state index contributed by atoms with van der Waals surface area (Å²) in [4.78, 5) is 10.5. The number of carbonyl (C=O) groups is 1. The Morgan fingerprint density at radius 3 is 2.06 bits per heavy atom. The lowest BCUT2D eigenvalue weighted by molar-refractivity contribution is -0.118. The first-order valence-corrected chi connectivity index (χ1v) is 8.52. The Morgan fingerprint density at radius 1 is 0.938 bits per heavy atom. The maximum atomic E-state index is 10.5. The number of unbranched alkanes of at least 4 members (excludes halogenated alkanes) is 3. The van der Waals surface area contributed by atoms with Crippen LogP contribution in [-0.4, -0.2) is 28.9 Å². The van der Waals surface area contributed by atoms with Gasteiger partial charge in [0.2, 0.25) is 5.91 Å². The highest BCUT2D eigenvalue weighted by atomic mass is 32.2. The van der Waals surface area contributed by atoms with Gasteiger partial charge < -0.3 is 5.73 Å². The number of carbonyl (C=O) groups excluding carboxylic acids is 1. The zero-order chi connectivity index (χ0) is 12.1. The van der Waals surface area contributed by atoms with Gasteiger partial charge in [0.15, 0.2) is 0 Å². The van der Waals surface area contributed by atoms with Crippen LogP contribution < -0.4 is 5.73 Å². The van der Waals surface area contributed by atoms with E-state index in [2.05, 4.69) is 6.92 Å². The Labute approximate surface area is 109 Å². The first kappa shape index (κ1) is 16.2. The van der Waals surface area contributed by atoms with Gasteiger partial charge in [0.05, 0.1) is 0 Å². The average Bonchev–Trinajstić information content (AvgIpc) is 2.25. The third kappa shape index (κ3) is 14.2. The van der Waals surface area contributed by atoms with Crippen molar-refractivity contribution in [2.45, 2.75) is 45.4 Å². The molecule has 0 rings (SSSR count). The van der Waals surface area contributed by atoms with Crippen LogP contribution in [0, 0.1) is 0 Å². The highest BCUT2D eigenvalue weighted by Crippen LogP contribution is 2.11. The van der Waals surface area contributed by atoms with E-state index in [0.717, 1.165) is 12.8 Å². The molecule has 1 amide bonds. The van der Waals surface area contributed by atoms with Gasteiger partial charge in [-0.25, -0.2) is 0 Å². The SMILES string of the molecule is CCSCCCCCSCCCCC(N)=O. The molecule has 96 valence electrons. The van der Waals surface area contributed by atoms with Gasteiger partial charge in [0.25, 0.3) is 0 Å². The first-order valence-electron chi connectivity index (χ1n) is 6.21. The number of hydrogen-bond donors (Lipinski definition) is 1. The second-order valence-electron chi connectivity index (χ2n) is 3.79. The molecular formula is C12H25NOS2. The van der Waals surface area contributed by atoms with Crippen molar-refractivity contribution < 1.29 is 4.79 Å². The van der Waals surface area contributed by atoms with E-state index in [1.165, 1.54) is 42.3 Å². The molecule has 0 aliphatic rings. The van der Waals surface area contributed by atoms with Crippen molar-refractivity contribution in [3.63, 3.8) is 0 Å². The van der Waals surface area contributed by atoms with Crippen LogP contribution in [0.3, 0.4) is 0 Å². The van der Waals surface area contributed by atoms with Crippen molar-refractivity contribution >= 4 is 29.4 Å². The second kappa shape index (κ2) is 13.2. The second-order valence-corrected chi connectivity index (χ2v) is 6.41. The minimum Gasteiger partial charge on any atom is -0.370 e. The molecule has 2 nitrogen and oxygen atoms in total. The summed E-state index contributed by atoms with van der Waals surface area (Å²) in [6.45, 7) is 2.21.